The van der Waals surface area contributed by atoms with E-state index in [2.05, 4.69) is 4.98 Å². The number of pyridine rings is 1. The van der Waals surface area contributed by atoms with E-state index < -0.39 is 10.0 Å². The van der Waals surface area contributed by atoms with E-state index in [9.17, 15) is 13.2 Å². The molecule has 9 heteroatoms. The summed E-state index contributed by atoms with van der Waals surface area (Å²) in [4.78, 5) is 24.4. The lowest BCUT2D eigenvalue weighted by Gasteiger charge is -2.21. The summed E-state index contributed by atoms with van der Waals surface area (Å²) in [7, 11) is -3.60. The number of hydrogen-bond acceptors (Lipinski definition) is 6. The number of anilines is 1. The zero-order valence-electron chi connectivity index (χ0n) is 19.3. The number of thiazole rings is 1. The van der Waals surface area contributed by atoms with E-state index in [1.165, 1.54) is 27.8 Å². The summed E-state index contributed by atoms with van der Waals surface area (Å²) in [5.74, 6) is -0.270. The second kappa shape index (κ2) is 10.0. The first-order valence-corrected chi connectivity index (χ1v) is 13.3. The van der Waals surface area contributed by atoms with E-state index in [0.29, 0.717) is 23.8 Å². The molecule has 0 bridgehead atoms. The van der Waals surface area contributed by atoms with Crippen molar-refractivity contribution in [3.8, 4) is 0 Å². The molecule has 4 rings (SSSR count). The molecule has 34 heavy (non-hydrogen) atoms. The van der Waals surface area contributed by atoms with E-state index in [0.717, 1.165) is 21.5 Å². The summed E-state index contributed by atoms with van der Waals surface area (Å²) in [6, 6.07) is 17.6. The average molecular weight is 495 g/mol. The summed E-state index contributed by atoms with van der Waals surface area (Å²) in [5, 5.41) is 0.566. The third-order valence-corrected chi connectivity index (χ3v) is 8.60. The van der Waals surface area contributed by atoms with Crippen LogP contribution in [0.2, 0.25) is 0 Å². The van der Waals surface area contributed by atoms with Crippen molar-refractivity contribution in [1.82, 2.24) is 14.3 Å². The first kappa shape index (κ1) is 24.0. The molecule has 0 atom stereocenters. The number of aromatic nitrogens is 2. The van der Waals surface area contributed by atoms with E-state index in [1.807, 2.05) is 43.3 Å². The number of fused-ring (bicyclic) bond motifs is 1. The zero-order chi connectivity index (χ0) is 24.3. The van der Waals surface area contributed by atoms with Gasteiger partial charge in [-0.25, -0.2) is 13.4 Å². The van der Waals surface area contributed by atoms with Crippen LogP contribution in [0, 0.1) is 6.92 Å². The second-order valence-corrected chi connectivity index (χ2v) is 10.7. The molecule has 0 saturated carbocycles. The lowest BCUT2D eigenvalue weighted by Crippen LogP contribution is -2.31. The van der Waals surface area contributed by atoms with E-state index >= 15 is 0 Å². The van der Waals surface area contributed by atoms with Crippen LogP contribution in [0.15, 0.2) is 71.8 Å². The lowest BCUT2D eigenvalue weighted by molar-refractivity contribution is 0.0984. The molecule has 4 aromatic rings. The summed E-state index contributed by atoms with van der Waals surface area (Å²) >= 11 is 1.44. The van der Waals surface area contributed by atoms with Gasteiger partial charge in [0.25, 0.3) is 5.91 Å². The Morgan fingerprint density at radius 2 is 1.74 bits per heavy atom. The highest BCUT2D eigenvalue weighted by Crippen LogP contribution is 2.31. The van der Waals surface area contributed by atoms with Gasteiger partial charge in [-0.3, -0.25) is 14.7 Å². The van der Waals surface area contributed by atoms with Crippen molar-refractivity contribution in [2.24, 2.45) is 0 Å². The van der Waals surface area contributed by atoms with Gasteiger partial charge in [-0.2, -0.15) is 4.31 Å². The topological polar surface area (TPSA) is 83.5 Å². The molecular formula is C25H26N4O3S2. The van der Waals surface area contributed by atoms with Crippen LogP contribution in [0.3, 0.4) is 0 Å². The van der Waals surface area contributed by atoms with Crippen molar-refractivity contribution in [3.63, 3.8) is 0 Å². The fourth-order valence-corrected chi connectivity index (χ4v) is 6.17. The molecule has 2 aromatic heterocycles. The Morgan fingerprint density at radius 1 is 1.00 bits per heavy atom. The predicted molar refractivity (Wildman–Crippen MR) is 136 cm³/mol. The number of carbonyl (C=O) groups excluding carboxylic acids is 1. The van der Waals surface area contributed by atoms with Crippen LogP contribution >= 0.6 is 11.3 Å². The van der Waals surface area contributed by atoms with Crippen LogP contribution in [0.1, 0.15) is 35.5 Å². The molecule has 0 unspecified atom stereocenters. The summed E-state index contributed by atoms with van der Waals surface area (Å²) in [6.07, 6.45) is 1.69. The Bertz CT molecular complexity index is 1400. The van der Waals surface area contributed by atoms with Gasteiger partial charge >= 0.3 is 0 Å². The molecule has 0 spiro atoms. The summed E-state index contributed by atoms with van der Waals surface area (Å²) < 4.78 is 28.0. The van der Waals surface area contributed by atoms with Crippen LogP contribution in [0.4, 0.5) is 5.13 Å². The number of aryl methyl sites for hydroxylation is 1. The van der Waals surface area contributed by atoms with Gasteiger partial charge in [0.05, 0.1) is 27.4 Å². The molecule has 0 aliphatic carbocycles. The van der Waals surface area contributed by atoms with Crippen LogP contribution in [-0.4, -0.2) is 41.7 Å². The number of nitrogens with zero attached hydrogens (tertiary/aromatic N) is 4. The largest absolute Gasteiger partial charge is 0.278 e. The maximum absolute atomic E-state index is 13.6. The number of amides is 1. The van der Waals surface area contributed by atoms with Crippen LogP contribution in [-0.2, 0) is 16.6 Å². The number of rotatable bonds is 8. The maximum Gasteiger partial charge on any atom is 0.260 e. The van der Waals surface area contributed by atoms with Crippen molar-refractivity contribution in [3.05, 3.63) is 83.7 Å². The Hall–Kier alpha value is -3.14. The maximum atomic E-state index is 13.6. The summed E-state index contributed by atoms with van der Waals surface area (Å²) in [6.45, 7) is 6.63. The van der Waals surface area contributed by atoms with Gasteiger partial charge in [0.2, 0.25) is 10.0 Å². The minimum absolute atomic E-state index is 0.166. The van der Waals surface area contributed by atoms with Crippen LogP contribution in [0.5, 0.6) is 0 Å². The van der Waals surface area contributed by atoms with Crippen molar-refractivity contribution < 1.29 is 13.2 Å². The third-order valence-electron chi connectivity index (χ3n) is 5.50. The Morgan fingerprint density at radius 3 is 2.38 bits per heavy atom. The highest BCUT2D eigenvalue weighted by atomic mass is 32.2. The number of carbonyl (C=O) groups is 1. The molecule has 2 heterocycles. The van der Waals surface area contributed by atoms with E-state index in [4.69, 9.17) is 4.98 Å². The molecule has 1 amide bonds. The average Bonchev–Trinajstić information content (AvgIpc) is 3.26. The van der Waals surface area contributed by atoms with Crippen LogP contribution in [0.25, 0.3) is 10.2 Å². The second-order valence-electron chi connectivity index (χ2n) is 7.79. The standard InChI is InChI=1S/C25H26N4O3S2/c1-4-28(5-2)34(31,32)21-12-10-19(11-13-21)24(30)29(17-20-8-6-7-15-26-20)25-27-22-14-9-18(3)16-23(22)33-25/h6-16H,4-5,17H2,1-3H3. The van der Waals surface area contributed by atoms with E-state index in [-0.39, 0.29) is 17.3 Å². The molecule has 0 fully saturated rings. The fraction of sp³-hybridized carbons (Fsp3) is 0.240. The molecule has 2 aromatic carbocycles. The third kappa shape index (κ3) is 4.86. The Labute approximate surface area is 203 Å². The van der Waals surface area contributed by atoms with Crippen LogP contribution < -0.4 is 4.90 Å². The van der Waals surface area contributed by atoms with Gasteiger partial charge in [-0.15, -0.1) is 0 Å². The molecular weight excluding hydrogens is 468 g/mol. The van der Waals surface area contributed by atoms with Crippen molar-refractivity contribution in [1.29, 1.82) is 0 Å². The van der Waals surface area contributed by atoms with Gasteiger partial charge in [-0.1, -0.05) is 37.3 Å². The fourth-order valence-electron chi connectivity index (χ4n) is 3.65. The quantitative estimate of drug-likeness (QED) is 0.349. The molecule has 0 aliphatic rings. The molecule has 0 saturated heterocycles. The molecule has 176 valence electrons. The SMILES string of the molecule is CCN(CC)S(=O)(=O)c1ccc(C(=O)N(Cc2ccccn2)c2nc3ccc(C)cc3s2)cc1. The molecule has 0 aliphatic heterocycles. The lowest BCUT2D eigenvalue weighted by atomic mass is 10.2. The number of sulfonamides is 1. The zero-order valence-corrected chi connectivity index (χ0v) is 20.9. The number of hydrogen-bond donors (Lipinski definition) is 0. The monoisotopic (exact) mass is 494 g/mol. The van der Waals surface area contributed by atoms with Gasteiger partial charge in [-0.05, 0) is 61.0 Å². The molecule has 0 radical (unpaired) electrons. The van der Waals surface area contributed by atoms with Crippen molar-refractivity contribution in [2.75, 3.05) is 18.0 Å². The van der Waals surface area contributed by atoms with Crippen molar-refractivity contribution in [2.45, 2.75) is 32.2 Å². The predicted octanol–water partition coefficient (Wildman–Crippen LogP) is 4.88. The highest BCUT2D eigenvalue weighted by Gasteiger charge is 2.25. The molecule has 0 N–H and O–H groups in total. The first-order valence-electron chi connectivity index (χ1n) is 11.0. The minimum Gasteiger partial charge on any atom is -0.278 e. The van der Waals surface area contributed by atoms with Gasteiger partial charge in [0.1, 0.15) is 0 Å². The molecule has 7 nitrogen and oxygen atoms in total. The number of benzene rings is 2. The van der Waals surface area contributed by atoms with Gasteiger partial charge in [0, 0.05) is 24.8 Å². The first-order chi connectivity index (χ1) is 16.3. The summed E-state index contributed by atoms with van der Waals surface area (Å²) in [5.41, 5.74) is 3.05. The Balaban J connectivity index is 1.70. The Kier molecular flexibility index (Phi) is 7.06. The van der Waals surface area contributed by atoms with E-state index in [1.54, 1.807) is 37.1 Å². The normalized spacial score (nSPS) is 11.8. The minimum atomic E-state index is -3.60. The van der Waals surface area contributed by atoms with Crippen molar-refractivity contribution >= 4 is 42.6 Å². The van der Waals surface area contributed by atoms with Gasteiger partial charge < -0.3 is 0 Å². The highest BCUT2D eigenvalue weighted by molar-refractivity contribution is 7.89. The van der Waals surface area contributed by atoms with Gasteiger partial charge in [0.15, 0.2) is 5.13 Å². The smallest absolute Gasteiger partial charge is 0.260 e.